The Kier molecular flexibility index (Phi) is 6.13. The number of amides is 1. The van der Waals surface area contributed by atoms with Gasteiger partial charge < -0.3 is 19.9 Å². The number of benzene rings is 2. The van der Waals surface area contributed by atoms with Gasteiger partial charge in [-0.2, -0.15) is 0 Å². The Hall–Kier alpha value is -3.38. The van der Waals surface area contributed by atoms with Crippen LogP contribution in [0.15, 0.2) is 54.7 Å². The smallest absolute Gasteiger partial charge is 0.339 e. The van der Waals surface area contributed by atoms with Gasteiger partial charge >= 0.3 is 5.97 Å². The zero-order chi connectivity index (χ0) is 24.8. The lowest BCUT2D eigenvalue weighted by atomic mass is 9.71. The van der Waals surface area contributed by atoms with Gasteiger partial charge in [0.15, 0.2) is 0 Å². The van der Waals surface area contributed by atoms with Gasteiger partial charge in [0, 0.05) is 40.7 Å². The monoisotopic (exact) mass is 459 g/mol. The maximum absolute atomic E-state index is 14.0. The van der Waals surface area contributed by atoms with E-state index in [-0.39, 0.29) is 23.4 Å². The number of aliphatic carboxylic acids is 1. The number of carboxylic acid groups (broad SMARTS) is 1. The Labute approximate surface area is 200 Å². The summed E-state index contributed by atoms with van der Waals surface area (Å²) in [4.78, 5) is 33.5. The second-order valence-electron chi connectivity index (χ2n) is 10.3. The average molecular weight is 460 g/mol. The highest BCUT2D eigenvalue weighted by Crippen LogP contribution is 2.45. The Bertz CT molecular complexity index is 1280. The molecule has 0 spiro atoms. The lowest BCUT2D eigenvalue weighted by Gasteiger charge is -2.42. The molecule has 1 aliphatic heterocycles. The summed E-state index contributed by atoms with van der Waals surface area (Å²) in [5.41, 5.74) is 3.56. The molecule has 2 aromatic carbocycles. The maximum atomic E-state index is 14.0. The molecule has 4 rings (SSSR count). The van der Waals surface area contributed by atoms with Crippen LogP contribution in [-0.2, 0) is 16.8 Å². The van der Waals surface area contributed by atoms with Crippen molar-refractivity contribution in [2.24, 2.45) is 5.92 Å². The van der Waals surface area contributed by atoms with Gasteiger partial charge in [0.2, 0.25) is 0 Å². The molecule has 0 fully saturated rings. The second-order valence-corrected chi connectivity index (χ2v) is 10.3. The van der Waals surface area contributed by atoms with Crippen molar-refractivity contribution < 1.29 is 14.7 Å². The first-order valence-corrected chi connectivity index (χ1v) is 11.7. The number of carbonyl (C=O) groups excluding carboxylic acids is 1. The van der Waals surface area contributed by atoms with Gasteiger partial charge in [0.1, 0.15) is 0 Å². The third-order valence-electron chi connectivity index (χ3n) is 6.70. The summed E-state index contributed by atoms with van der Waals surface area (Å²) in [5.74, 6) is -1.18. The molecule has 6 heteroatoms. The Morgan fingerprint density at radius 3 is 2.47 bits per heavy atom. The highest BCUT2D eigenvalue weighted by atomic mass is 16.4. The molecule has 1 aromatic heterocycles. The van der Waals surface area contributed by atoms with Gasteiger partial charge in [-0.3, -0.25) is 4.79 Å². The maximum Gasteiger partial charge on any atom is 0.339 e. The van der Waals surface area contributed by atoms with Crippen molar-refractivity contribution in [3.05, 3.63) is 77.1 Å². The highest BCUT2D eigenvalue weighted by Gasteiger charge is 2.45. The van der Waals surface area contributed by atoms with Crippen molar-refractivity contribution >= 4 is 28.4 Å². The largest absolute Gasteiger partial charge is 0.478 e. The van der Waals surface area contributed by atoms with Crippen molar-refractivity contribution in [2.75, 3.05) is 14.1 Å². The van der Waals surface area contributed by atoms with Gasteiger partial charge in [-0.05, 0) is 49.3 Å². The summed E-state index contributed by atoms with van der Waals surface area (Å²) in [7, 11) is 3.97. The number of nitrogens with one attached hydrogen (secondary N) is 1. The van der Waals surface area contributed by atoms with Crippen LogP contribution in [0.3, 0.4) is 0 Å². The van der Waals surface area contributed by atoms with Gasteiger partial charge in [-0.25, -0.2) is 4.79 Å². The van der Waals surface area contributed by atoms with E-state index >= 15 is 0 Å². The second kappa shape index (κ2) is 8.76. The molecule has 0 aliphatic carbocycles. The first-order chi connectivity index (χ1) is 16.0. The standard InChI is InChI=1S/C28H33N3O3/c1-17(2)25-28(3,4)23-20-12-7-8-13-22(20)29-24(23)21(27(33)34)16-31(25)26(32)19-11-9-10-18(14-19)15-30(5)6/h7-14,16-17,25,29H,15H2,1-6H3,(H,33,34). The van der Waals surface area contributed by atoms with Crippen LogP contribution in [0.25, 0.3) is 16.5 Å². The molecule has 1 aliphatic rings. The fraction of sp³-hybridized carbons (Fsp3) is 0.357. The van der Waals surface area contributed by atoms with Gasteiger partial charge in [0.05, 0.1) is 11.3 Å². The van der Waals surface area contributed by atoms with Crippen LogP contribution in [0.1, 0.15) is 54.9 Å². The Morgan fingerprint density at radius 1 is 1.12 bits per heavy atom. The normalized spacial score (nSPS) is 17.6. The van der Waals surface area contributed by atoms with Crippen LogP contribution in [0.2, 0.25) is 0 Å². The molecule has 3 aromatic rings. The fourth-order valence-electron chi connectivity index (χ4n) is 5.61. The van der Waals surface area contributed by atoms with Crippen molar-refractivity contribution in [3.8, 4) is 0 Å². The van der Waals surface area contributed by atoms with Crippen LogP contribution in [0.4, 0.5) is 0 Å². The SMILES string of the molecule is CC(C)C1N(C(=O)c2cccc(CN(C)C)c2)C=C(C(=O)O)c2[nH]c3ccccc3c2C1(C)C. The van der Waals surface area contributed by atoms with Gasteiger partial charge in [-0.1, -0.05) is 58.0 Å². The molecule has 34 heavy (non-hydrogen) atoms. The number of hydrogen-bond acceptors (Lipinski definition) is 3. The Morgan fingerprint density at radius 2 is 1.82 bits per heavy atom. The predicted octanol–water partition coefficient (Wildman–Crippen LogP) is 5.11. The number of H-pyrrole nitrogens is 1. The number of nitrogens with zero attached hydrogens (tertiary/aromatic N) is 2. The third kappa shape index (κ3) is 4.03. The summed E-state index contributed by atoms with van der Waals surface area (Å²) < 4.78 is 0. The van der Waals surface area contributed by atoms with Gasteiger partial charge in [0.25, 0.3) is 5.91 Å². The van der Waals surface area contributed by atoms with Crippen LogP contribution in [-0.4, -0.2) is 51.9 Å². The summed E-state index contributed by atoms with van der Waals surface area (Å²) in [6.45, 7) is 9.11. The number of fused-ring (bicyclic) bond motifs is 3. The molecule has 0 radical (unpaired) electrons. The predicted molar refractivity (Wildman–Crippen MR) is 136 cm³/mol. The number of carboxylic acids is 1. The average Bonchev–Trinajstić information content (AvgIpc) is 3.10. The van der Waals surface area contributed by atoms with E-state index in [4.69, 9.17) is 0 Å². The number of aromatic amines is 1. The van der Waals surface area contributed by atoms with Crippen LogP contribution in [0.5, 0.6) is 0 Å². The van der Waals surface area contributed by atoms with E-state index in [2.05, 4.69) is 37.6 Å². The van der Waals surface area contributed by atoms with Crippen molar-refractivity contribution in [3.63, 3.8) is 0 Å². The van der Waals surface area contributed by atoms with Crippen molar-refractivity contribution in [1.82, 2.24) is 14.8 Å². The number of carbonyl (C=O) groups is 2. The Balaban J connectivity index is 1.93. The number of aromatic nitrogens is 1. The lowest BCUT2D eigenvalue weighted by Crippen LogP contribution is -2.50. The first kappa shape index (κ1) is 23.8. The van der Waals surface area contributed by atoms with Crippen molar-refractivity contribution in [2.45, 2.75) is 45.7 Å². The number of para-hydroxylation sites is 1. The number of hydrogen-bond donors (Lipinski definition) is 2. The molecule has 0 saturated carbocycles. The molecule has 0 bridgehead atoms. The molecule has 1 amide bonds. The van der Waals surface area contributed by atoms with Crippen LogP contribution < -0.4 is 0 Å². The van der Waals surface area contributed by atoms with E-state index in [1.807, 2.05) is 56.6 Å². The molecule has 0 saturated heterocycles. The molecular weight excluding hydrogens is 426 g/mol. The minimum absolute atomic E-state index is 0.0785. The molecular formula is C28H33N3O3. The van der Waals surface area contributed by atoms with E-state index in [1.54, 1.807) is 11.0 Å². The molecule has 178 valence electrons. The summed E-state index contributed by atoms with van der Waals surface area (Å²) in [6, 6.07) is 15.2. The zero-order valence-corrected chi connectivity index (χ0v) is 20.7. The minimum Gasteiger partial charge on any atom is -0.478 e. The van der Waals surface area contributed by atoms with E-state index in [0.717, 1.165) is 22.0 Å². The lowest BCUT2D eigenvalue weighted by molar-refractivity contribution is -0.130. The molecule has 1 atom stereocenters. The molecule has 6 nitrogen and oxygen atoms in total. The van der Waals surface area contributed by atoms with E-state index in [1.165, 1.54) is 6.20 Å². The topological polar surface area (TPSA) is 76.6 Å². The quantitative estimate of drug-likeness (QED) is 0.556. The van der Waals surface area contributed by atoms with E-state index < -0.39 is 11.4 Å². The first-order valence-electron chi connectivity index (χ1n) is 11.7. The van der Waals surface area contributed by atoms with Gasteiger partial charge in [-0.15, -0.1) is 0 Å². The van der Waals surface area contributed by atoms with Crippen LogP contribution >= 0.6 is 0 Å². The zero-order valence-electron chi connectivity index (χ0n) is 20.7. The molecule has 1 unspecified atom stereocenters. The third-order valence-corrected chi connectivity index (χ3v) is 6.70. The van der Waals surface area contributed by atoms with Crippen molar-refractivity contribution in [1.29, 1.82) is 0 Å². The summed E-state index contributed by atoms with van der Waals surface area (Å²) in [5, 5.41) is 11.2. The minimum atomic E-state index is -1.06. The summed E-state index contributed by atoms with van der Waals surface area (Å²) in [6.07, 6.45) is 1.54. The fourth-order valence-corrected chi connectivity index (χ4v) is 5.61. The van der Waals surface area contributed by atoms with E-state index in [0.29, 0.717) is 17.8 Å². The highest BCUT2D eigenvalue weighted by molar-refractivity contribution is 6.17. The van der Waals surface area contributed by atoms with Crippen LogP contribution in [0, 0.1) is 5.92 Å². The van der Waals surface area contributed by atoms with E-state index in [9.17, 15) is 14.7 Å². The summed E-state index contributed by atoms with van der Waals surface area (Å²) >= 11 is 0. The number of rotatable bonds is 5. The molecule has 2 heterocycles. The molecule has 2 N–H and O–H groups in total.